The molecular formula is C32H37FN2O3. The summed E-state index contributed by atoms with van der Waals surface area (Å²) >= 11 is 0. The number of aliphatic hydroxyl groups excluding tert-OH is 2. The molecule has 200 valence electrons. The van der Waals surface area contributed by atoms with Crippen molar-refractivity contribution in [3.63, 3.8) is 0 Å². The van der Waals surface area contributed by atoms with E-state index >= 15 is 0 Å². The fourth-order valence-corrected chi connectivity index (χ4v) is 4.21. The minimum Gasteiger partial charge on any atom is -0.393 e. The Kier molecular flexibility index (Phi) is 10.8. The molecule has 4 N–H and O–H groups in total. The fraction of sp³-hybridized carbons (Fsp3) is 0.281. The van der Waals surface area contributed by atoms with Crippen molar-refractivity contribution in [3.05, 3.63) is 113 Å². The zero-order valence-electron chi connectivity index (χ0n) is 22.2. The maximum atomic E-state index is 14.0. The van der Waals surface area contributed by atoms with E-state index in [0.29, 0.717) is 29.8 Å². The third-order valence-corrected chi connectivity index (χ3v) is 6.05. The van der Waals surface area contributed by atoms with E-state index in [1.807, 2.05) is 80.6 Å². The van der Waals surface area contributed by atoms with Crippen molar-refractivity contribution < 1.29 is 19.4 Å². The van der Waals surface area contributed by atoms with E-state index in [4.69, 9.17) is 0 Å². The van der Waals surface area contributed by atoms with Crippen molar-refractivity contribution in [2.24, 2.45) is 5.92 Å². The summed E-state index contributed by atoms with van der Waals surface area (Å²) in [5, 5.41) is 26.3. The zero-order valence-corrected chi connectivity index (χ0v) is 22.2. The number of carbonyl (C=O) groups excluding carboxylic acids is 1. The number of carbonyl (C=O) groups is 1. The number of amides is 1. The average Bonchev–Trinajstić information content (AvgIpc) is 2.89. The molecule has 2 atom stereocenters. The molecule has 0 aliphatic rings. The van der Waals surface area contributed by atoms with E-state index in [1.54, 1.807) is 19.1 Å². The third kappa shape index (κ3) is 8.68. The molecule has 0 heterocycles. The Morgan fingerprint density at radius 1 is 0.895 bits per heavy atom. The monoisotopic (exact) mass is 516 g/mol. The Bertz CT molecular complexity index is 1220. The van der Waals surface area contributed by atoms with E-state index in [-0.39, 0.29) is 24.1 Å². The van der Waals surface area contributed by atoms with Crippen LogP contribution in [0.3, 0.4) is 0 Å². The fourth-order valence-electron chi connectivity index (χ4n) is 4.21. The second kappa shape index (κ2) is 14.3. The predicted molar refractivity (Wildman–Crippen MR) is 153 cm³/mol. The third-order valence-electron chi connectivity index (χ3n) is 6.05. The van der Waals surface area contributed by atoms with Gasteiger partial charge in [0, 0.05) is 17.9 Å². The topological polar surface area (TPSA) is 81.6 Å². The molecule has 0 aromatic heterocycles. The average molecular weight is 517 g/mol. The summed E-state index contributed by atoms with van der Waals surface area (Å²) in [4.78, 5) is 14.0. The predicted octanol–water partition coefficient (Wildman–Crippen LogP) is 6.03. The molecule has 3 aromatic carbocycles. The number of aliphatic hydroxyl groups is 2. The SMILES string of the molecule is CC(C)/C(NCC[C@@H](O)C[C@H](C)O)=C(C(=O)Nc1ccccc1)/C(=C/c1ccc(F)cc1)c1ccccc1. The molecule has 0 bridgehead atoms. The van der Waals surface area contributed by atoms with Crippen LogP contribution in [0.4, 0.5) is 10.1 Å². The largest absolute Gasteiger partial charge is 0.393 e. The number of allylic oxidation sites excluding steroid dienone is 1. The Morgan fingerprint density at radius 3 is 2.08 bits per heavy atom. The molecule has 0 aliphatic carbocycles. The molecule has 3 rings (SSSR count). The maximum absolute atomic E-state index is 14.0. The van der Waals surface area contributed by atoms with E-state index in [0.717, 1.165) is 16.8 Å². The molecule has 6 heteroatoms. The van der Waals surface area contributed by atoms with Crippen LogP contribution in [0.15, 0.2) is 96.2 Å². The lowest BCUT2D eigenvalue weighted by Gasteiger charge is -2.23. The van der Waals surface area contributed by atoms with Crippen LogP contribution in [0.2, 0.25) is 0 Å². The lowest BCUT2D eigenvalue weighted by Crippen LogP contribution is -2.29. The summed E-state index contributed by atoms with van der Waals surface area (Å²) in [6.07, 6.45) is 1.32. The van der Waals surface area contributed by atoms with Crippen LogP contribution >= 0.6 is 0 Å². The van der Waals surface area contributed by atoms with Gasteiger partial charge in [-0.05, 0) is 72.7 Å². The number of benzene rings is 3. The normalized spacial score (nSPS) is 14.0. The van der Waals surface area contributed by atoms with Gasteiger partial charge in [-0.25, -0.2) is 4.39 Å². The first-order valence-corrected chi connectivity index (χ1v) is 13.0. The van der Waals surface area contributed by atoms with Gasteiger partial charge < -0.3 is 20.8 Å². The van der Waals surface area contributed by atoms with Crippen LogP contribution in [-0.4, -0.2) is 34.9 Å². The minimum atomic E-state index is -0.666. The minimum absolute atomic E-state index is 0.0549. The quantitative estimate of drug-likeness (QED) is 0.135. The number of rotatable bonds is 12. The first kappa shape index (κ1) is 28.8. The molecule has 0 saturated carbocycles. The van der Waals surface area contributed by atoms with Crippen LogP contribution in [0.25, 0.3) is 11.6 Å². The van der Waals surface area contributed by atoms with E-state index in [9.17, 15) is 19.4 Å². The van der Waals surface area contributed by atoms with Crippen molar-refractivity contribution in [1.29, 1.82) is 0 Å². The highest BCUT2D eigenvalue weighted by Gasteiger charge is 2.24. The summed E-state index contributed by atoms with van der Waals surface area (Å²) in [7, 11) is 0. The van der Waals surface area contributed by atoms with Gasteiger partial charge in [0.1, 0.15) is 5.82 Å². The number of hydrogen-bond acceptors (Lipinski definition) is 4. The van der Waals surface area contributed by atoms with E-state index in [1.165, 1.54) is 12.1 Å². The molecule has 0 fully saturated rings. The lowest BCUT2D eigenvalue weighted by atomic mass is 9.90. The van der Waals surface area contributed by atoms with E-state index < -0.39 is 12.2 Å². The second-order valence-electron chi connectivity index (χ2n) is 9.69. The second-order valence-corrected chi connectivity index (χ2v) is 9.69. The zero-order chi connectivity index (χ0) is 27.5. The molecule has 0 aliphatic heterocycles. The molecule has 0 spiro atoms. The van der Waals surface area contributed by atoms with Crippen LogP contribution in [0.1, 0.15) is 44.7 Å². The van der Waals surface area contributed by atoms with Gasteiger partial charge in [-0.1, -0.05) is 74.5 Å². The van der Waals surface area contributed by atoms with Crippen LogP contribution in [-0.2, 0) is 4.79 Å². The first-order chi connectivity index (χ1) is 18.2. The standard InChI is InChI=1S/C32H37FN2O3/c1-22(2)31(34-19-18-28(37)20-23(3)36)30(32(38)35-27-12-8-5-9-13-27)29(25-10-6-4-7-11-25)21-24-14-16-26(33)17-15-24/h4-17,21-23,28,34,36-37H,18-20H2,1-3H3,(H,35,38)/b29-21+,31-30+/t23-,28+/m0/s1. The van der Waals surface area contributed by atoms with Gasteiger partial charge in [-0.2, -0.15) is 0 Å². The number of halogens is 1. The van der Waals surface area contributed by atoms with Crippen LogP contribution < -0.4 is 10.6 Å². The highest BCUT2D eigenvalue weighted by atomic mass is 19.1. The summed E-state index contributed by atoms with van der Waals surface area (Å²) in [6, 6.07) is 25.0. The van der Waals surface area contributed by atoms with Crippen LogP contribution in [0, 0.1) is 11.7 Å². The Morgan fingerprint density at radius 2 is 1.50 bits per heavy atom. The van der Waals surface area contributed by atoms with Gasteiger partial charge in [-0.15, -0.1) is 0 Å². The Balaban J connectivity index is 2.13. The van der Waals surface area contributed by atoms with Gasteiger partial charge in [-0.3, -0.25) is 4.79 Å². The van der Waals surface area contributed by atoms with Crippen molar-refractivity contribution in [3.8, 4) is 0 Å². The summed E-state index contributed by atoms with van der Waals surface area (Å²) in [6.45, 7) is 6.08. The molecule has 0 unspecified atom stereocenters. The molecular weight excluding hydrogens is 479 g/mol. The van der Waals surface area contributed by atoms with Gasteiger partial charge in [0.25, 0.3) is 5.91 Å². The van der Waals surface area contributed by atoms with Gasteiger partial charge >= 0.3 is 0 Å². The molecule has 1 amide bonds. The summed E-state index contributed by atoms with van der Waals surface area (Å²) in [5.41, 5.74) is 4.13. The molecule has 38 heavy (non-hydrogen) atoms. The van der Waals surface area contributed by atoms with Crippen molar-refractivity contribution >= 4 is 23.2 Å². The van der Waals surface area contributed by atoms with Gasteiger partial charge in [0.2, 0.25) is 0 Å². The highest BCUT2D eigenvalue weighted by Crippen LogP contribution is 2.31. The van der Waals surface area contributed by atoms with Gasteiger partial charge in [0.15, 0.2) is 0 Å². The van der Waals surface area contributed by atoms with E-state index in [2.05, 4.69) is 10.6 Å². The molecule has 0 radical (unpaired) electrons. The molecule has 3 aromatic rings. The summed E-state index contributed by atoms with van der Waals surface area (Å²) < 4.78 is 13.7. The smallest absolute Gasteiger partial charge is 0.258 e. The lowest BCUT2D eigenvalue weighted by molar-refractivity contribution is -0.112. The van der Waals surface area contributed by atoms with Crippen molar-refractivity contribution in [2.45, 2.75) is 45.8 Å². The number of para-hydroxylation sites is 1. The number of nitrogens with one attached hydrogen (secondary N) is 2. The van der Waals surface area contributed by atoms with Crippen molar-refractivity contribution in [2.75, 3.05) is 11.9 Å². The highest BCUT2D eigenvalue weighted by molar-refractivity contribution is 6.18. The van der Waals surface area contributed by atoms with Crippen molar-refractivity contribution in [1.82, 2.24) is 5.32 Å². The number of hydrogen-bond donors (Lipinski definition) is 4. The Hall–Kier alpha value is -3.74. The van der Waals surface area contributed by atoms with Gasteiger partial charge in [0.05, 0.1) is 17.8 Å². The maximum Gasteiger partial charge on any atom is 0.258 e. The molecule has 5 nitrogen and oxygen atoms in total. The number of anilines is 1. The molecule has 0 saturated heterocycles. The Labute approximate surface area is 224 Å². The summed E-state index contributed by atoms with van der Waals surface area (Å²) in [5.74, 6) is -0.670. The van der Waals surface area contributed by atoms with Crippen LogP contribution in [0.5, 0.6) is 0 Å². The first-order valence-electron chi connectivity index (χ1n) is 13.0.